The zero-order valence-electron chi connectivity index (χ0n) is 11.0. The molecule has 0 aliphatic heterocycles. The zero-order chi connectivity index (χ0) is 13.7. The van der Waals surface area contributed by atoms with Crippen molar-refractivity contribution in [3.63, 3.8) is 0 Å². The molecule has 0 fully saturated rings. The van der Waals surface area contributed by atoms with Gasteiger partial charge >= 0.3 is 0 Å². The van der Waals surface area contributed by atoms with Gasteiger partial charge in [-0.1, -0.05) is 34.9 Å². The van der Waals surface area contributed by atoms with Crippen LogP contribution in [0, 0.1) is 0 Å². The summed E-state index contributed by atoms with van der Waals surface area (Å²) in [6.45, 7) is 0. The summed E-state index contributed by atoms with van der Waals surface area (Å²) in [5, 5.41) is 1.47. The summed E-state index contributed by atoms with van der Waals surface area (Å²) < 4.78 is 0. The van der Waals surface area contributed by atoms with Gasteiger partial charge in [0.05, 0.1) is 0 Å². The molecular weight excluding hydrogens is 279 g/mol. The average Bonchev–Trinajstić information content (AvgIpc) is 2.43. The summed E-state index contributed by atoms with van der Waals surface area (Å²) in [7, 11) is 0. The minimum Gasteiger partial charge on any atom is -0.271 e. The lowest BCUT2D eigenvalue weighted by Gasteiger charge is -2.20. The van der Waals surface area contributed by atoms with Gasteiger partial charge in [0.15, 0.2) is 0 Å². The van der Waals surface area contributed by atoms with E-state index in [0.717, 1.165) is 23.4 Å². The molecule has 104 valence electrons. The Bertz CT molecular complexity index is 457. The highest BCUT2D eigenvalue weighted by atomic mass is 35.5. The standard InChI is InChI=1S/C15H20Cl2N2/c16-13-6-7-15(17)12(9-13)10-14(19-18)8-11-4-2-1-3-5-11/h4,6-7,9,14,19H,1-3,5,8,10,18H2. The monoisotopic (exact) mass is 298 g/mol. The third-order valence-corrected chi connectivity index (χ3v) is 4.21. The van der Waals surface area contributed by atoms with E-state index in [0.29, 0.717) is 5.02 Å². The maximum absolute atomic E-state index is 6.20. The van der Waals surface area contributed by atoms with Gasteiger partial charge in [-0.3, -0.25) is 11.3 Å². The topological polar surface area (TPSA) is 38.0 Å². The number of halogens is 2. The molecule has 19 heavy (non-hydrogen) atoms. The predicted molar refractivity (Wildman–Crippen MR) is 82.4 cm³/mol. The molecule has 1 aromatic carbocycles. The predicted octanol–water partition coefficient (Wildman–Crippen LogP) is 4.26. The molecule has 1 unspecified atom stereocenters. The van der Waals surface area contributed by atoms with Crippen molar-refractivity contribution in [2.45, 2.75) is 44.6 Å². The van der Waals surface area contributed by atoms with Crippen LogP contribution in [-0.4, -0.2) is 6.04 Å². The number of benzene rings is 1. The van der Waals surface area contributed by atoms with E-state index in [1.807, 2.05) is 18.2 Å². The molecule has 0 saturated heterocycles. The second-order valence-electron chi connectivity index (χ2n) is 5.12. The van der Waals surface area contributed by atoms with E-state index < -0.39 is 0 Å². The Kier molecular flexibility index (Phi) is 5.71. The van der Waals surface area contributed by atoms with Crippen molar-refractivity contribution in [2.75, 3.05) is 0 Å². The van der Waals surface area contributed by atoms with Gasteiger partial charge in [-0.2, -0.15) is 0 Å². The Balaban J connectivity index is 2.02. The molecule has 1 aromatic rings. The van der Waals surface area contributed by atoms with E-state index in [9.17, 15) is 0 Å². The first-order chi connectivity index (χ1) is 9.19. The first-order valence-corrected chi connectivity index (χ1v) is 7.52. The highest BCUT2D eigenvalue weighted by molar-refractivity contribution is 6.33. The van der Waals surface area contributed by atoms with Crippen LogP contribution in [0.15, 0.2) is 29.8 Å². The van der Waals surface area contributed by atoms with Gasteiger partial charge in [-0.25, -0.2) is 0 Å². The van der Waals surface area contributed by atoms with Gasteiger partial charge in [0.1, 0.15) is 0 Å². The Hall–Kier alpha value is -0.540. The van der Waals surface area contributed by atoms with Crippen LogP contribution in [0.2, 0.25) is 10.0 Å². The number of rotatable bonds is 5. The molecule has 0 saturated carbocycles. The SMILES string of the molecule is NNC(CC1=CCCCC1)Cc1cc(Cl)ccc1Cl. The second-order valence-corrected chi connectivity index (χ2v) is 5.96. The van der Waals surface area contributed by atoms with Crippen LogP contribution in [0.1, 0.15) is 37.7 Å². The van der Waals surface area contributed by atoms with Crippen LogP contribution >= 0.6 is 23.2 Å². The molecule has 3 N–H and O–H groups in total. The van der Waals surface area contributed by atoms with E-state index >= 15 is 0 Å². The Morgan fingerprint density at radius 1 is 1.21 bits per heavy atom. The van der Waals surface area contributed by atoms with Gasteiger partial charge in [-0.15, -0.1) is 0 Å². The van der Waals surface area contributed by atoms with E-state index in [-0.39, 0.29) is 6.04 Å². The van der Waals surface area contributed by atoms with Crippen LogP contribution in [0.25, 0.3) is 0 Å². The number of hydrazine groups is 1. The lowest BCUT2D eigenvalue weighted by atomic mass is 9.92. The second kappa shape index (κ2) is 7.30. The molecule has 0 spiro atoms. The summed E-state index contributed by atoms with van der Waals surface area (Å²) in [6, 6.07) is 5.78. The third-order valence-electron chi connectivity index (χ3n) is 3.60. The minimum atomic E-state index is 0.209. The summed E-state index contributed by atoms with van der Waals surface area (Å²) in [5.41, 5.74) is 5.46. The molecule has 0 aromatic heterocycles. The molecule has 4 heteroatoms. The summed E-state index contributed by atoms with van der Waals surface area (Å²) >= 11 is 12.2. The molecule has 0 amide bonds. The highest BCUT2D eigenvalue weighted by Gasteiger charge is 2.14. The number of hydrogen-bond donors (Lipinski definition) is 2. The molecule has 0 bridgehead atoms. The molecule has 1 atom stereocenters. The highest BCUT2D eigenvalue weighted by Crippen LogP contribution is 2.25. The van der Waals surface area contributed by atoms with Gasteiger partial charge < -0.3 is 0 Å². The summed E-state index contributed by atoms with van der Waals surface area (Å²) in [6.07, 6.45) is 9.14. The van der Waals surface area contributed by atoms with Crippen molar-refractivity contribution < 1.29 is 0 Å². The lowest BCUT2D eigenvalue weighted by molar-refractivity contribution is 0.505. The number of hydrogen-bond acceptors (Lipinski definition) is 2. The van der Waals surface area contributed by atoms with Crippen molar-refractivity contribution in [3.8, 4) is 0 Å². The number of nitrogens with one attached hydrogen (secondary N) is 1. The lowest BCUT2D eigenvalue weighted by Crippen LogP contribution is -2.37. The largest absolute Gasteiger partial charge is 0.271 e. The van der Waals surface area contributed by atoms with E-state index in [1.165, 1.54) is 31.3 Å². The van der Waals surface area contributed by atoms with Gasteiger partial charge in [0.2, 0.25) is 0 Å². The Labute approximate surface area is 124 Å². The number of allylic oxidation sites excluding steroid dienone is 1. The normalized spacial score (nSPS) is 17.1. The van der Waals surface area contributed by atoms with E-state index in [1.54, 1.807) is 0 Å². The Morgan fingerprint density at radius 3 is 2.74 bits per heavy atom. The average molecular weight is 299 g/mol. The maximum Gasteiger partial charge on any atom is 0.0439 e. The van der Waals surface area contributed by atoms with Crippen molar-refractivity contribution in [1.29, 1.82) is 0 Å². The molecule has 2 rings (SSSR count). The van der Waals surface area contributed by atoms with Crippen molar-refractivity contribution in [3.05, 3.63) is 45.5 Å². The van der Waals surface area contributed by atoms with Gasteiger partial charge in [0, 0.05) is 16.1 Å². The Morgan fingerprint density at radius 2 is 2.05 bits per heavy atom. The summed E-state index contributed by atoms with van der Waals surface area (Å²) in [4.78, 5) is 0. The van der Waals surface area contributed by atoms with Gasteiger partial charge in [0.25, 0.3) is 0 Å². The molecule has 1 aliphatic rings. The van der Waals surface area contributed by atoms with Gasteiger partial charge in [-0.05, 0) is 62.3 Å². The molecule has 1 aliphatic carbocycles. The van der Waals surface area contributed by atoms with Crippen LogP contribution in [0.4, 0.5) is 0 Å². The smallest absolute Gasteiger partial charge is 0.0439 e. The van der Waals surface area contributed by atoms with Crippen LogP contribution in [-0.2, 0) is 6.42 Å². The van der Waals surface area contributed by atoms with Crippen LogP contribution < -0.4 is 11.3 Å². The first kappa shape index (κ1) is 14.9. The van der Waals surface area contributed by atoms with Crippen LogP contribution in [0.5, 0.6) is 0 Å². The number of nitrogens with two attached hydrogens (primary N) is 1. The van der Waals surface area contributed by atoms with Crippen molar-refractivity contribution in [2.24, 2.45) is 5.84 Å². The molecule has 0 radical (unpaired) electrons. The van der Waals surface area contributed by atoms with Crippen molar-refractivity contribution >= 4 is 23.2 Å². The fourth-order valence-corrected chi connectivity index (χ4v) is 2.95. The maximum atomic E-state index is 6.20. The molecule has 2 nitrogen and oxygen atoms in total. The minimum absolute atomic E-state index is 0.209. The third kappa shape index (κ3) is 4.50. The first-order valence-electron chi connectivity index (χ1n) is 6.77. The summed E-state index contributed by atoms with van der Waals surface area (Å²) in [5.74, 6) is 5.67. The van der Waals surface area contributed by atoms with E-state index in [4.69, 9.17) is 29.0 Å². The zero-order valence-corrected chi connectivity index (χ0v) is 12.5. The molecule has 0 heterocycles. The van der Waals surface area contributed by atoms with Crippen LogP contribution in [0.3, 0.4) is 0 Å². The van der Waals surface area contributed by atoms with E-state index in [2.05, 4.69) is 11.5 Å². The molecular formula is C15H20Cl2N2. The fraction of sp³-hybridized carbons (Fsp3) is 0.467. The van der Waals surface area contributed by atoms with Crippen molar-refractivity contribution in [1.82, 2.24) is 5.43 Å². The quantitative estimate of drug-likeness (QED) is 0.484. The fourth-order valence-electron chi connectivity index (χ4n) is 2.56.